The predicted octanol–water partition coefficient (Wildman–Crippen LogP) is 1.84. The molecule has 0 saturated carbocycles. The Bertz CT molecular complexity index is 623. The van der Waals surface area contributed by atoms with Crippen molar-refractivity contribution in [1.82, 2.24) is 14.5 Å². The van der Waals surface area contributed by atoms with Crippen LogP contribution in [-0.2, 0) is 19.6 Å². The Morgan fingerprint density at radius 2 is 1.84 bits per heavy atom. The number of aromatic nitrogens is 2. The first-order valence-electron chi connectivity index (χ1n) is 6.47. The Kier molecular flexibility index (Phi) is 2.15. The first-order chi connectivity index (χ1) is 9.33. The van der Waals surface area contributed by atoms with Gasteiger partial charge in [0.2, 0.25) is 5.95 Å². The highest BCUT2D eigenvalue weighted by Gasteiger charge is 2.32. The Morgan fingerprint density at radius 3 is 2.58 bits per heavy atom. The maximum absolute atomic E-state index is 12.6. The van der Waals surface area contributed by atoms with Crippen molar-refractivity contribution in [2.24, 2.45) is 0 Å². The highest BCUT2D eigenvalue weighted by Crippen LogP contribution is 2.26. The molecule has 19 heavy (non-hydrogen) atoms. The average molecular weight is 254 g/mol. The normalized spacial score (nSPS) is 16.6. The maximum Gasteiger partial charge on any atom is 0.327 e. The van der Waals surface area contributed by atoms with Gasteiger partial charge < -0.3 is 9.47 Å². The molecule has 2 aliphatic rings. The molecule has 3 heterocycles. The molecule has 2 aromatic rings. The summed E-state index contributed by atoms with van der Waals surface area (Å²) >= 11 is 0. The number of carbonyl (C=O) groups excluding carboxylic acids is 1. The summed E-state index contributed by atoms with van der Waals surface area (Å²) in [7, 11) is 0. The van der Waals surface area contributed by atoms with Crippen molar-refractivity contribution in [3.8, 4) is 0 Å². The van der Waals surface area contributed by atoms with Gasteiger partial charge in [0.15, 0.2) is 0 Å². The highest BCUT2D eigenvalue weighted by molar-refractivity contribution is 5.91. The van der Waals surface area contributed by atoms with Crippen LogP contribution in [0.3, 0.4) is 0 Å². The molecular weight excluding hydrogens is 240 g/mol. The summed E-state index contributed by atoms with van der Waals surface area (Å²) in [5, 5.41) is 0. The summed E-state index contributed by atoms with van der Waals surface area (Å²) in [4.78, 5) is 20.5. The molecule has 2 aliphatic heterocycles. The summed E-state index contributed by atoms with van der Waals surface area (Å²) in [6, 6.07) is 8.28. The average Bonchev–Trinajstić information content (AvgIpc) is 3.12. The summed E-state index contributed by atoms with van der Waals surface area (Å²) in [5.74, 6) is 0.765. The van der Waals surface area contributed by atoms with E-state index in [4.69, 9.17) is 0 Å². The lowest BCUT2D eigenvalue weighted by atomic mass is 10.1. The first kappa shape index (κ1) is 10.6. The van der Waals surface area contributed by atoms with Gasteiger partial charge in [0.05, 0.1) is 0 Å². The van der Waals surface area contributed by atoms with Crippen molar-refractivity contribution in [2.45, 2.75) is 19.6 Å². The standard InChI is InChI=1S/C14H14N4O/c19-14(18-8-7-16-6-5-15-13(16)18)17-9-11-3-1-2-4-12(11)10-17/h1-6H,7-10H2. The molecule has 0 aliphatic carbocycles. The van der Waals surface area contributed by atoms with E-state index in [2.05, 4.69) is 17.1 Å². The molecule has 0 spiro atoms. The second-order valence-electron chi connectivity index (χ2n) is 4.98. The largest absolute Gasteiger partial charge is 0.327 e. The Morgan fingerprint density at radius 1 is 1.11 bits per heavy atom. The monoisotopic (exact) mass is 254 g/mol. The van der Waals surface area contributed by atoms with Gasteiger partial charge in [-0.25, -0.2) is 9.78 Å². The van der Waals surface area contributed by atoms with Gasteiger partial charge in [0, 0.05) is 38.6 Å². The van der Waals surface area contributed by atoms with Gasteiger partial charge in [-0.2, -0.15) is 0 Å². The number of carbonyl (C=O) groups is 1. The Labute approximate surface area is 111 Å². The molecule has 1 aromatic heterocycles. The number of rotatable bonds is 0. The van der Waals surface area contributed by atoms with Crippen LogP contribution in [0.1, 0.15) is 11.1 Å². The van der Waals surface area contributed by atoms with Gasteiger partial charge in [-0.15, -0.1) is 0 Å². The van der Waals surface area contributed by atoms with Gasteiger partial charge in [-0.3, -0.25) is 4.90 Å². The van der Waals surface area contributed by atoms with Gasteiger partial charge in [0.1, 0.15) is 0 Å². The van der Waals surface area contributed by atoms with Crippen LogP contribution in [0, 0.1) is 0 Å². The molecule has 0 N–H and O–H groups in total. The van der Waals surface area contributed by atoms with Gasteiger partial charge >= 0.3 is 6.03 Å². The highest BCUT2D eigenvalue weighted by atomic mass is 16.2. The van der Waals surface area contributed by atoms with E-state index in [1.807, 2.05) is 27.8 Å². The number of hydrogen-bond acceptors (Lipinski definition) is 2. The number of benzene rings is 1. The third kappa shape index (κ3) is 1.54. The molecule has 5 heteroatoms. The van der Waals surface area contributed by atoms with E-state index < -0.39 is 0 Å². The van der Waals surface area contributed by atoms with Gasteiger partial charge in [-0.05, 0) is 11.1 Å². The second kappa shape index (κ2) is 3.85. The van der Waals surface area contributed by atoms with Crippen molar-refractivity contribution >= 4 is 12.0 Å². The minimum Gasteiger partial charge on any atom is -0.316 e. The quantitative estimate of drug-likeness (QED) is 0.720. The number of amides is 2. The Balaban J connectivity index is 1.58. The van der Waals surface area contributed by atoms with Crippen LogP contribution in [0.25, 0.3) is 0 Å². The van der Waals surface area contributed by atoms with Crippen molar-refractivity contribution < 1.29 is 4.79 Å². The van der Waals surface area contributed by atoms with Crippen molar-refractivity contribution in [3.05, 3.63) is 47.8 Å². The second-order valence-corrected chi connectivity index (χ2v) is 4.98. The van der Waals surface area contributed by atoms with E-state index in [-0.39, 0.29) is 6.03 Å². The Hall–Kier alpha value is -2.30. The molecule has 0 atom stereocenters. The molecule has 2 amide bonds. The third-order valence-corrected chi connectivity index (χ3v) is 3.84. The van der Waals surface area contributed by atoms with E-state index in [1.165, 1.54) is 11.1 Å². The lowest BCUT2D eigenvalue weighted by Crippen LogP contribution is -2.39. The molecule has 5 nitrogen and oxygen atoms in total. The van der Waals surface area contributed by atoms with Crippen molar-refractivity contribution in [2.75, 3.05) is 11.4 Å². The minimum atomic E-state index is 0.0566. The molecule has 0 unspecified atom stereocenters. The number of urea groups is 1. The maximum atomic E-state index is 12.6. The summed E-state index contributed by atoms with van der Waals surface area (Å²) in [6.07, 6.45) is 3.66. The molecule has 0 saturated heterocycles. The number of fused-ring (bicyclic) bond motifs is 2. The molecule has 0 bridgehead atoms. The van der Waals surface area contributed by atoms with Crippen LogP contribution in [0.15, 0.2) is 36.7 Å². The van der Waals surface area contributed by atoms with Gasteiger partial charge in [0.25, 0.3) is 0 Å². The van der Waals surface area contributed by atoms with E-state index in [1.54, 1.807) is 11.1 Å². The van der Waals surface area contributed by atoms with E-state index in [0.29, 0.717) is 13.1 Å². The smallest absolute Gasteiger partial charge is 0.316 e. The van der Waals surface area contributed by atoms with Crippen LogP contribution >= 0.6 is 0 Å². The molecule has 0 fully saturated rings. The fourth-order valence-corrected chi connectivity index (χ4v) is 2.85. The van der Waals surface area contributed by atoms with E-state index in [0.717, 1.165) is 19.0 Å². The topological polar surface area (TPSA) is 41.4 Å². The first-order valence-corrected chi connectivity index (χ1v) is 6.47. The van der Waals surface area contributed by atoms with Crippen molar-refractivity contribution in [3.63, 3.8) is 0 Å². The molecule has 96 valence electrons. The van der Waals surface area contributed by atoms with Crippen LogP contribution < -0.4 is 4.90 Å². The molecule has 0 radical (unpaired) electrons. The zero-order chi connectivity index (χ0) is 12.8. The van der Waals surface area contributed by atoms with Gasteiger partial charge in [-0.1, -0.05) is 24.3 Å². The van der Waals surface area contributed by atoms with E-state index >= 15 is 0 Å². The van der Waals surface area contributed by atoms with Crippen LogP contribution in [0.5, 0.6) is 0 Å². The number of anilines is 1. The van der Waals surface area contributed by atoms with Crippen LogP contribution in [-0.4, -0.2) is 27.0 Å². The van der Waals surface area contributed by atoms with Crippen LogP contribution in [0.4, 0.5) is 10.7 Å². The number of nitrogens with zero attached hydrogens (tertiary/aromatic N) is 4. The fourth-order valence-electron chi connectivity index (χ4n) is 2.85. The van der Waals surface area contributed by atoms with Crippen LogP contribution in [0.2, 0.25) is 0 Å². The summed E-state index contributed by atoms with van der Waals surface area (Å²) in [6.45, 7) is 2.95. The lowest BCUT2D eigenvalue weighted by Gasteiger charge is -2.22. The third-order valence-electron chi connectivity index (χ3n) is 3.84. The molecule has 4 rings (SSSR count). The van der Waals surface area contributed by atoms with E-state index in [9.17, 15) is 4.79 Å². The SMILES string of the molecule is O=C(N1Cc2ccccc2C1)N1CCn2ccnc21. The zero-order valence-corrected chi connectivity index (χ0v) is 10.5. The fraction of sp³-hybridized carbons (Fsp3) is 0.286. The minimum absolute atomic E-state index is 0.0566. The number of hydrogen-bond donors (Lipinski definition) is 0. The molecule has 1 aromatic carbocycles. The molecular formula is C14H14N4O. The van der Waals surface area contributed by atoms with Crippen molar-refractivity contribution in [1.29, 1.82) is 0 Å². The zero-order valence-electron chi connectivity index (χ0n) is 10.5. The summed E-state index contributed by atoms with van der Waals surface area (Å²) < 4.78 is 2.01. The number of imidazole rings is 1. The predicted molar refractivity (Wildman–Crippen MR) is 70.7 cm³/mol. The lowest BCUT2D eigenvalue weighted by molar-refractivity contribution is 0.205. The summed E-state index contributed by atoms with van der Waals surface area (Å²) in [5.41, 5.74) is 2.50.